The molecular formula is C10H15NO2. The van der Waals surface area contributed by atoms with Crippen molar-refractivity contribution in [2.24, 2.45) is 0 Å². The molecule has 0 radical (unpaired) electrons. The summed E-state index contributed by atoms with van der Waals surface area (Å²) < 4.78 is 0. The molecule has 0 aromatic heterocycles. The molecule has 0 aliphatic rings. The number of hydrogen-bond acceptors (Lipinski definition) is 2. The van der Waals surface area contributed by atoms with E-state index in [2.05, 4.69) is 11.2 Å². The number of hydrogen-bond donors (Lipinski definition) is 1. The topological polar surface area (TPSA) is 46.2 Å². The van der Waals surface area contributed by atoms with E-state index in [4.69, 9.17) is 6.42 Å². The molecule has 3 nitrogen and oxygen atoms in total. The largest absolute Gasteiger partial charge is 0.342 e. The van der Waals surface area contributed by atoms with E-state index in [1.54, 1.807) is 0 Å². The van der Waals surface area contributed by atoms with Gasteiger partial charge in [0.1, 0.15) is 0 Å². The molecule has 0 aliphatic heterocycles. The van der Waals surface area contributed by atoms with Crippen LogP contribution in [-0.2, 0) is 9.59 Å². The molecule has 0 aliphatic carbocycles. The van der Waals surface area contributed by atoms with Gasteiger partial charge >= 0.3 is 0 Å². The molecule has 0 saturated heterocycles. The van der Waals surface area contributed by atoms with Crippen molar-refractivity contribution < 1.29 is 9.59 Å². The number of amides is 1. The van der Waals surface area contributed by atoms with Crippen LogP contribution in [0.2, 0.25) is 0 Å². The molecule has 3 heteroatoms. The average Bonchev–Trinajstić information content (AvgIpc) is 2.14. The van der Waals surface area contributed by atoms with Gasteiger partial charge < -0.3 is 5.32 Å². The molecule has 72 valence electrons. The number of ketones is 1. The summed E-state index contributed by atoms with van der Waals surface area (Å²) in [7, 11) is 0. The molecule has 0 aromatic rings. The number of rotatable bonds is 3. The highest BCUT2D eigenvalue weighted by Crippen LogP contribution is 1.74. The molecule has 0 heterocycles. The predicted molar refractivity (Wildman–Crippen MR) is 53.0 cm³/mol. The first-order chi connectivity index (χ1) is 6.16. The predicted octanol–water partition coefficient (Wildman–Crippen LogP) is 0.907. The van der Waals surface area contributed by atoms with Gasteiger partial charge in [0.2, 0.25) is 5.91 Å². The van der Waals surface area contributed by atoms with Crippen LogP contribution in [0.25, 0.3) is 0 Å². The lowest BCUT2D eigenvalue weighted by Crippen LogP contribution is -2.21. The zero-order valence-corrected chi connectivity index (χ0v) is 8.26. The highest BCUT2D eigenvalue weighted by molar-refractivity contribution is 5.96. The number of carbonyl (C=O) groups is 2. The third-order valence-corrected chi connectivity index (χ3v) is 0.834. The van der Waals surface area contributed by atoms with Crippen molar-refractivity contribution in [1.82, 2.24) is 5.32 Å². The van der Waals surface area contributed by atoms with E-state index >= 15 is 0 Å². The van der Waals surface area contributed by atoms with Crippen LogP contribution in [-0.4, -0.2) is 18.2 Å². The molecule has 0 rings (SSSR count). The molecule has 0 atom stereocenters. The Hall–Kier alpha value is -1.56. The SMILES string of the molecule is C#CCNC(=O)/C=C/C(C)=O.CC. The maximum absolute atomic E-state index is 10.7. The first-order valence-corrected chi connectivity index (χ1v) is 4.06. The Morgan fingerprint density at radius 3 is 2.31 bits per heavy atom. The van der Waals surface area contributed by atoms with Crippen molar-refractivity contribution in [2.75, 3.05) is 6.54 Å². The molecule has 0 fully saturated rings. The molecular weight excluding hydrogens is 166 g/mol. The summed E-state index contributed by atoms with van der Waals surface area (Å²) in [6, 6.07) is 0. The standard InChI is InChI=1S/C8H9NO2.C2H6/c1-3-6-9-8(11)5-4-7(2)10;1-2/h1,4-5H,6H2,2H3,(H,9,11);1-2H3/b5-4+;. The van der Waals surface area contributed by atoms with E-state index in [-0.39, 0.29) is 18.2 Å². The summed E-state index contributed by atoms with van der Waals surface area (Å²) in [4.78, 5) is 21.0. The lowest BCUT2D eigenvalue weighted by Gasteiger charge is -1.91. The van der Waals surface area contributed by atoms with Crippen LogP contribution in [0.15, 0.2) is 12.2 Å². The minimum Gasteiger partial charge on any atom is -0.342 e. The zero-order chi connectivity index (χ0) is 10.7. The minimum absolute atomic E-state index is 0.166. The van der Waals surface area contributed by atoms with Gasteiger partial charge in [0.15, 0.2) is 5.78 Å². The van der Waals surface area contributed by atoms with Crippen LogP contribution < -0.4 is 5.32 Å². The monoisotopic (exact) mass is 181 g/mol. The molecule has 0 bridgehead atoms. The number of allylic oxidation sites excluding steroid dienone is 1. The highest BCUT2D eigenvalue weighted by atomic mass is 16.1. The fraction of sp³-hybridized carbons (Fsp3) is 0.400. The number of carbonyl (C=O) groups excluding carboxylic acids is 2. The van der Waals surface area contributed by atoms with Crippen molar-refractivity contribution in [1.29, 1.82) is 0 Å². The summed E-state index contributed by atoms with van der Waals surface area (Å²) in [6.45, 7) is 5.55. The second-order valence-electron chi connectivity index (χ2n) is 1.87. The first kappa shape index (κ1) is 14.0. The van der Waals surface area contributed by atoms with Crippen LogP contribution in [0.4, 0.5) is 0 Å². The summed E-state index contributed by atoms with van der Waals surface area (Å²) in [5, 5.41) is 2.37. The van der Waals surface area contributed by atoms with Crippen LogP contribution in [0.5, 0.6) is 0 Å². The smallest absolute Gasteiger partial charge is 0.244 e. The van der Waals surface area contributed by atoms with E-state index in [1.165, 1.54) is 13.0 Å². The Balaban J connectivity index is 0. The van der Waals surface area contributed by atoms with Crippen LogP contribution >= 0.6 is 0 Å². The summed E-state index contributed by atoms with van der Waals surface area (Å²) in [5.74, 6) is 1.72. The summed E-state index contributed by atoms with van der Waals surface area (Å²) in [6.07, 6.45) is 7.22. The normalized spacial score (nSPS) is 8.15. The Labute approximate surface area is 79.2 Å². The van der Waals surface area contributed by atoms with Gasteiger partial charge in [-0.25, -0.2) is 0 Å². The Bertz CT molecular complexity index is 224. The fourth-order valence-corrected chi connectivity index (χ4v) is 0.390. The summed E-state index contributed by atoms with van der Waals surface area (Å²) in [5.41, 5.74) is 0. The first-order valence-electron chi connectivity index (χ1n) is 4.06. The van der Waals surface area contributed by atoms with Gasteiger partial charge in [0.25, 0.3) is 0 Å². The number of nitrogens with one attached hydrogen (secondary N) is 1. The van der Waals surface area contributed by atoms with E-state index in [9.17, 15) is 9.59 Å². The van der Waals surface area contributed by atoms with Crippen LogP contribution in [0.3, 0.4) is 0 Å². The van der Waals surface area contributed by atoms with Gasteiger partial charge in [-0.2, -0.15) is 0 Å². The van der Waals surface area contributed by atoms with E-state index in [1.807, 2.05) is 13.8 Å². The van der Waals surface area contributed by atoms with Crippen molar-refractivity contribution in [3.05, 3.63) is 12.2 Å². The van der Waals surface area contributed by atoms with E-state index < -0.39 is 0 Å². The summed E-state index contributed by atoms with van der Waals surface area (Å²) >= 11 is 0. The van der Waals surface area contributed by atoms with Gasteiger partial charge in [0, 0.05) is 6.08 Å². The average molecular weight is 181 g/mol. The zero-order valence-electron chi connectivity index (χ0n) is 8.26. The van der Waals surface area contributed by atoms with Crippen LogP contribution in [0, 0.1) is 12.3 Å². The van der Waals surface area contributed by atoms with Crippen molar-refractivity contribution in [2.45, 2.75) is 20.8 Å². The molecule has 0 aromatic carbocycles. The van der Waals surface area contributed by atoms with Crippen molar-refractivity contribution in [3.8, 4) is 12.3 Å². The van der Waals surface area contributed by atoms with E-state index in [0.717, 1.165) is 6.08 Å². The molecule has 0 spiro atoms. The van der Waals surface area contributed by atoms with Crippen LogP contribution in [0.1, 0.15) is 20.8 Å². The van der Waals surface area contributed by atoms with Gasteiger partial charge in [-0.1, -0.05) is 19.8 Å². The van der Waals surface area contributed by atoms with Gasteiger partial charge in [-0.05, 0) is 13.0 Å². The molecule has 0 saturated carbocycles. The molecule has 1 N–H and O–H groups in total. The molecule has 0 unspecified atom stereocenters. The van der Waals surface area contributed by atoms with Crippen molar-refractivity contribution >= 4 is 11.7 Å². The van der Waals surface area contributed by atoms with Gasteiger partial charge in [0.05, 0.1) is 6.54 Å². The second kappa shape index (κ2) is 10.4. The maximum Gasteiger partial charge on any atom is 0.244 e. The molecule has 1 amide bonds. The number of terminal acetylenes is 1. The Morgan fingerprint density at radius 2 is 1.92 bits per heavy atom. The van der Waals surface area contributed by atoms with E-state index in [0.29, 0.717) is 0 Å². The highest BCUT2D eigenvalue weighted by Gasteiger charge is 1.91. The lowest BCUT2D eigenvalue weighted by molar-refractivity contribution is -0.117. The third-order valence-electron chi connectivity index (χ3n) is 0.834. The van der Waals surface area contributed by atoms with Gasteiger partial charge in [-0.15, -0.1) is 6.42 Å². The third kappa shape index (κ3) is 13.4. The van der Waals surface area contributed by atoms with Gasteiger partial charge in [-0.3, -0.25) is 9.59 Å². The maximum atomic E-state index is 10.7. The molecule has 13 heavy (non-hydrogen) atoms. The van der Waals surface area contributed by atoms with Crippen molar-refractivity contribution in [3.63, 3.8) is 0 Å². The fourth-order valence-electron chi connectivity index (χ4n) is 0.390. The lowest BCUT2D eigenvalue weighted by atomic mass is 10.4. The quantitative estimate of drug-likeness (QED) is 0.519. The minimum atomic E-state index is -0.349. The Kier molecular flexibility index (Phi) is 11.2. The Morgan fingerprint density at radius 1 is 1.38 bits per heavy atom. The second-order valence-corrected chi connectivity index (χ2v) is 1.87.